The molecular weight excluding hydrogens is 312 g/mol. The summed E-state index contributed by atoms with van der Waals surface area (Å²) in [6.07, 6.45) is -0.410. The van der Waals surface area contributed by atoms with Crippen molar-refractivity contribution in [1.29, 1.82) is 0 Å². The summed E-state index contributed by atoms with van der Waals surface area (Å²) in [6.45, 7) is 0.249. The van der Waals surface area contributed by atoms with Gasteiger partial charge in [0.2, 0.25) is 0 Å². The van der Waals surface area contributed by atoms with E-state index in [-0.39, 0.29) is 19.0 Å². The van der Waals surface area contributed by atoms with Gasteiger partial charge >= 0.3 is 7.12 Å². The maximum absolute atomic E-state index is 10.0. The van der Waals surface area contributed by atoms with Crippen LogP contribution in [0.5, 0.6) is 11.5 Å². The third-order valence-electron chi connectivity index (χ3n) is 3.24. The lowest BCUT2D eigenvalue weighted by atomic mass is 9.78. The number of halogens is 2. The molecule has 1 heterocycles. The predicted molar refractivity (Wildman–Crippen MR) is 85.7 cm³/mol. The van der Waals surface area contributed by atoms with E-state index in [9.17, 15) is 5.02 Å². The average Bonchev–Trinajstić information content (AvgIpc) is 2.81. The van der Waals surface area contributed by atoms with Gasteiger partial charge in [-0.1, -0.05) is 29.8 Å². The Kier molecular flexibility index (Phi) is 5.14. The summed E-state index contributed by atoms with van der Waals surface area (Å²) in [5, 5.41) is 10.6. The number of nitrogens with two attached hydrogens (primary N) is 1. The highest BCUT2D eigenvalue weighted by atomic mass is 35.5. The fraction of sp³-hybridized carbons (Fsp3) is 0.143. The number of rotatable bonds is 3. The van der Waals surface area contributed by atoms with E-state index in [1.807, 2.05) is 30.3 Å². The molecule has 1 aliphatic rings. The highest BCUT2D eigenvalue weighted by Gasteiger charge is 2.39. The fourth-order valence-electron chi connectivity index (χ4n) is 2.34. The Morgan fingerprint density at radius 2 is 1.95 bits per heavy atom. The number of hydrogen-bond acceptors (Lipinski definition) is 4. The topological polar surface area (TPSA) is 64.7 Å². The molecule has 0 saturated heterocycles. The Labute approximate surface area is 134 Å². The van der Waals surface area contributed by atoms with Crippen molar-refractivity contribution >= 4 is 36.6 Å². The van der Waals surface area contributed by atoms with Crippen molar-refractivity contribution in [3.05, 3.63) is 53.1 Å². The minimum absolute atomic E-state index is 0. The summed E-state index contributed by atoms with van der Waals surface area (Å²) in [6, 6.07) is 12.8. The van der Waals surface area contributed by atoms with Crippen LogP contribution in [0.2, 0.25) is 5.02 Å². The maximum atomic E-state index is 10.0. The lowest BCUT2D eigenvalue weighted by molar-refractivity contribution is 0.198. The standard InChI is InChI=1S/C14H13BClNO3.ClH/c16-10-6-7-11(19-9-4-2-1-3-5-9)14-13(10)12(8-17)20-15(14)18;/h1-7,12,18H,8,17H2;1H. The SMILES string of the molecule is Cl.NCC1OB(O)c2c(Oc3ccccc3)ccc(Cl)c21. The van der Waals surface area contributed by atoms with Gasteiger partial charge in [-0.3, -0.25) is 0 Å². The molecule has 1 unspecified atom stereocenters. The zero-order valence-corrected chi connectivity index (χ0v) is 12.6. The van der Waals surface area contributed by atoms with Crippen molar-refractivity contribution in [3.63, 3.8) is 0 Å². The molecule has 21 heavy (non-hydrogen) atoms. The van der Waals surface area contributed by atoms with Gasteiger partial charge in [-0.15, -0.1) is 12.4 Å². The monoisotopic (exact) mass is 325 g/mol. The van der Waals surface area contributed by atoms with Crippen LogP contribution in [0.25, 0.3) is 0 Å². The Bertz CT molecular complexity index is 627. The minimum atomic E-state index is -1.07. The summed E-state index contributed by atoms with van der Waals surface area (Å²) in [5.74, 6) is 1.21. The van der Waals surface area contributed by atoms with Gasteiger partial charge in [-0.2, -0.15) is 0 Å². The van der Waals surface area contributed by atoms with Gasteiger partial charge < -0.3 is 20.1 Å². The van der Waals surface area contributed by atoms with Gasteiger partial charge in [-0.25, -0.2) is 0 Å². The van der Waals surface area contributed by atoms with Gasteiger partial charge in [0, 0.05) is 22.6 Å². The third kappa shape index (κ3) is 3.02. The molecule has 0 fully saturated rings. The molecule has 0 bridgehead atoms. The molecule has 2 aromatic rings. The second-order valence-corrected chi connectivity index (χ2v) is 4.91. The van der Waals surface area contributed by atoms with E-state index < -0.39 is 13.2 Å². The highest BCUT2D eigenvalue weighted by molar-refractivity contribution is 6.63. The molecule has 0 radical (unpaired) electrons. The first-order valence-corrected chi connectivity index (χ1v) is 6.67. The van der Waals surface area contributed by atoms with Crippen LogP contribution < -0.4 is 15.9 Å². The number of para-hydroxylation sites is 1. The zero-order valence-electron chi connectivity index (χ0n) is 11.0. The second kappa shape index (κ2) is 6.68. The first kappa shape index (κ1) is 16.1. The molecule has 0 aromatic heterocycles. The lowest BCUT2D eigenvalue weighted by Crippen LogP contribution is -2.29. The Balaban J connectivity index is 0.00000161. The highest BCUT2D eigenvalue weighted by Crippen LogP contribution is 2.34. The van der Waals surface area contributed by atoms with E-state index in [1.54, 1.807) is 12.1 Å². The van der Waals surface area contributed by atoms with Crippen LogP contribution >= 0.6 is 24.0 Å². The van der Waals surface area contributed by atoms with Crippen molar-refractivity contribution in [1.82, 2.24) is 0 Å². The van der Waals surface area contributed by atoms with Crippen molar-refractivity contribution in [2.45, 2.75) is 6.10 Å². The third-order valence-corrected chi connectivity index (χ3v) is 3.57. The van der Waals surface area contributed by atoms with Crippen LogP contribution in [0.1, 0.15) is 11.7 Å². The Morgan fingerprint density at radius 3 is 2.62 bits per heavy atom. The zero-order chi connectivity index (χ0) is 14.1. The van der Waals surface area contributed by atoms with Crippen molar-refractivity contribution in [2.24, 2.45) is 5.73 Å². The van der Waals surface area contributed by atoms with E-state index in [0.717, 1.165) is 0 Å². The van der Waals surface area contributed by atoms with Crippen LogP contribution in [-0.2, 0) is 4.65 Å². The fourth-order valence-corrected chi connectivity index (χ4v) is 2.63. The molecule has 3 rings (SSSR count). The van der Waals surface area contributed by atoms with Gasteiger partial charge in [0.05, 0.1) is 6.10 Å². The van der Waals surface area contributed by atoms with Gasteiger partial charge in [0.15, 0.2) is 0 Å². The van der Waals surface area contributed by atoms with E-state index in [4.69, 9.17) is 26.7 Å². The largest absolute Gasteiger partial charge is 0.495 e. The van der Waals surface area contributed by atoms with Crippen molar-refractivity contribution < 1.29 is 14.4 Å². The Morgan fingerprint density at radius 1 is 1.24 bits per heavy atom. The summed E-state index contributed by atoms with van der Waals surface area (Å²) in [4.78, 5) is 0. The number of hydrogen-bond donors (Lipinski definition) is 2. The molecule has 4 nitrogen and oxygen atoms in total. The first-order valence-electron chi connectivity index (χ1n) is 6.29. The first-order chi connectivity index (χ1) is 9.70. The predicted octanol–water partition coefficient (Wildman–Crippen LogP) is 2.27. The molecule has 1 aliphatic heterocycles. The van der Waals surface area contributed by atoms with Gasteiger partial charge in [-0.05, 0) is 24.3 Å². The van der Waals surface area contributed by atoms with Crippen LogP contribution in [0, 0.1) is 0 Å². The van der Waals surface area contributed by atoms with Gasteiger partial charge in [0.1, 0.15) is 11.5 Å². The summed E-state index contributed by atoms with van der Waals surface area (Å²) < 4.78 is 11.2. The Hall–Kier alpha value is -1.24. The van der Waals surface area contributed by atoms with E-state index in [0.29, 0.717) is 27.5 Å². The lowest BCUT2D eigenvalue weighted by Gasteiger charge is -2.13. The molecule has 0 amide bonds. The minimum Gasteiger partial charge on any atom is -0.458 e. The summed E-state index contributed by atoms with van der Waals surface area (Å²) in [7, 11) is -1.07. The van der Waals surface area contributed by atoms with Crippen molar-refractivity contribution in [2.75, 3.05) is 6.54 Å². The number of benzene rings is 2. The molecule has 1 atom stereocenters. The van der Waals surface area contributed by atoms with Crippen LogP contribution in [0.4, 0.5) is 0 Å². The molecule has 7 heteroatoms. The maximum Gasteiger partial charge on any atom is 0.495 e. The smallest absolute Gasteiger partial charge is 0.458 e. The van der Waals surface area contributed by atoms with Crippen LogP contribution in [0.15, 0.2) is 42.5 Å². The molecule has 110 valence electrons. The summed E-state index contributed by atoms with van der Waals surface area (Å²) in [5.41, 5.74) is 6.90. The van der Waals surface area contributed by atoms with E-state index in [2.05, 4.69) is 0 Å². The molecule has 2 aromatic carbocycles. The van der Waals surface area contributed by atoms with Crippen LogP contribution in [0.3, 0.4) is 0 Å². The van der Waals surface area contributed by atoms with Crippen LogP contribution in [-0.4, -0.2) is 18.7 Å². The van der Waals surface area contributed by atoms with Crippen molar-refractivity contribution in [3.8, 4) is 11.5 Å². The quantitative estimate of drug-likeness (QED) is 0.850. The number of ether oxygens (including phenoxy) is 1. The summed E-state index contributed by atoms with van der Waals surface area (Å²) >= 11 is 6.18. The van der Waals surface area contributed by atoms with E-state index >= 15 is 0 Å². The molecule has 3 N–H and O–H groups in total. The molecule has 0 spiro atoms. The number of fused-ring (bicyclic) bond motifs is 1. The van der Waals surface area contributed by atoms with Gasteiger partial charge in [0.25, 0.3) is 0 Å². The normalized spacial score (nSPS) is 16.3. The molecule has 0 saturated carbocycles. The van der Waals surface area contributed by atoms with E-state index in [1.165, 1.54) is 0 Å². The molecule has 0 aliphatic carbocycles. The average molecular weight is 326 g/mol. The molecular formula is C14H14BCl2NO3. The second-order valence-electron chi connectivity index (χ2n) is 4.50.